The Bertz CT molecular complexity index is 254. The number of nitrogens with zero attached hydrogens (tertiary/aromatic N) is 1. The molecule has 2 nitrogen and oxygen atoms in total. The summed E-state index contributed by atoms with van der Waals surface area (Å²) in [5.74, 6) is 1.02. The summed E-state index contributed by atoms with van der Waals surface area (Å²) in [4.78, 5) is 2.83. The van der Waals surface area contributed by atoms with Crippen LogP contribution < -0.4 is 5.32 Å². The number of piperazine rings is 1. The Hall–Kier alpha value is -0.0800. The van der Waals surface area contributed by atoms with Gasteiger partial charge in [-0.15, -0.1) is 0 Å². The van der Waals surface area contributed by atoms with Crippen molar-refractivity contribution < 1.29 is 0 Å². The first-order valence-electron chi connectivity index (χ1n) is 7.82. The molecule has 0 amide bonds. The summed E-state index contributed by atoms with van der Waals surface area (Å²) in [6.45, 7) is 6.26. The molecule has 1 atom stereocenters. The molecule has 2 heteroatoms. The minimum Gasteiger partial charge on any atom is -0.308 e. The highest BCUT2D eigenvalue weighted by Crippen LogP contribution is 2.39. The summed E-state index contributed by atoms with van der Waals surface area (Å²) in [6, 6.07) is 0.863. The first kappa shape index (κ1) is 12.0. The smallest absolute Gasteiger partial charge is 0.0309 e. The van der Waals surface area contributed by atoms with E-state index >= 15 is 0 Å². The fourth-order valence-corrected chi connectivity index (χ4v) is 4.05. The molecule has 3 aliphatic rings. The monoisotopic (exact) mass is 236 g/mol. The highest BCUT2D eigenvalue weighted by atomic mass is 15.3. The van der Waals surface area contributed by atoms with Crippen molar-refractivity contribution in [3.8, 4) is 0 Å². The minimum atomic E-state index is 0.499. The Morgan fingerprint density at radius 3 is 2.59 bits per heavy atom. The number of hydrogen-bond acceptors (Lipinski definition) is 2. The van der Waals surface area contributed by atoms with Crippen molar-refractivity contribution in [3.63, 3.8) is 0 Å². The summed E-state index contributed by atoms with van der Waals surface area (Å²) in [7, 11) is 0. The molecule has 1 spiro atoms. The van der Waals surface area contributed by atoms with E-state index < -0.39 is 0 Å². The lowest BCUT2D eigenvalue weighted by atomic mass is 9.79. The summed E-state index contributed by atoms with van der Waals surface area (Å²) in [5.41, 5.74) is 0.499. The second kappa shape index (κ2) is 4.89. The Morgan fingerprint density at radius 2 is 1.94 bits per heavy atom. The van der Waals surface area contributed by atoms with Crippen LogP contribution in [0.15, 0.2) is 0 Å². The van der Waals surface area contributed by atoms with Crippen molar-refractivity contribution in [1.82, 2.24) is 10.2 Å². The standard InChI is InChI=1S/C15H28N2/c1-2-10-17-12-15(8-4-3-5-9-15)16-11-14(17)13-6-7-13/h13-14,16H,2-12H2,1H3. The molecule has 0 bridgehead atoms. The van der Waals surface area contributed by atoms with Crippen LogP contribution in [0, 0.1) is 5.92 Å². The van der Waals surface area contributed by atoms with Gasteiger partial charge >= 0.3 is 0 Å². The SMILES string of the molecule is CCCN1CC2(CCCCC2)NCC1C1CC1. The van der Waals surface area contributed by atoms with E-state index in [1.54, 1.807) is 0 Å². The lowest BCUT2D eigenvalue weighted by Gasteiger charge is -2.50. The third-order valence-electron chi connectivity index (χ3n) is 5.15. The maximum absolute atomic E-state index is 3.95. The van der Waals surface area contributed by atoms with Gasteiger partial charge in [-0.2, -0.15) is 0 Å². The molecule has 3 fully saturated rings. The highest BCUT2D eigenvalue weighted by Gasteiger charge is 2.44. The van der Waals surface area contributed by atoms with Gasteiger partial charge in [0.25, 0.3) is 0 Å². The lowest BCUT2D eigenvalue weighted by molar-refractivity contribution is 0.0467. The molecule has 1 heterocycles. The first-order valence-corrected chi connectivity index (χ1v) is 7.82. The van der Waals surface area contributed by atoms with Crippen LogP contribution in [-0.2, 0) is 0 Å². The maximum Gasteiger partial charge on any atom is 0.0309 e. The van der Waals surface area contributed by atoms with Crippen LogP contribution in [-0.4, -0.2) is 36.1 Å². The molecule has 98 valence electrons. The normalized spacial score (nSPS) is 34.1. The van der Waals surface area contributed by atoms with Crippen LogP contribution >= 0.6 is 0 Å². The van der Waals surface area contributed by atoms with E-state index in [2.05, 4.69) is 17.1 Å². The zero-order valence-electron chi connectivity index (χ0n) is 11.4. The molecule has 0 radical (unpaired) electrons. The molecular weight excluding hydrogens is 208 g/mol. The van der Waals surface area contributed by atoms with Gasteiger partial charge in [0.2, 0.25) is 0 Å². The van der Waals surface area contributed by atoms with Gasteiger partial charge in [-0.05, 0) is 44.6 Å². The van der Waals surface area contributed by atoms with Gasteiger partial charge in [0.1, 0.15) is 0 Å². The van der Waals surface area contributed by atoms with E-state index in [1.807, 2.05) is 0 Å². The summed E-state index contributed by atoms with van der Waals surface area (Å²) in [5, 5.41) is 3.95. The maximum atomic E-state index is 3.95. The van der Waals surface area contributed by atoms with Gasteiger partial charge in [-0.25, -0.2) is 0 Å². The van der Waals surface area contributed by atoms with Crippen molar-refractivity contribution in [1.29, 1.82) is 0 Å². The van der Waals surface area contributed by atoms with E-state index in [4.69, 9.17) is 0 Å². The molecule has 3 rings (SSSR count). The van der Waals surface area contributed by atoms with Gasteiger partial charge in [0.15, 0.2) is 0 Å². The molecular formula is C15H28N2. The van der Waals surface area contributed by atoms with Gasteiger partial charge < -0.3 is 5.32 Å². The van der Waals surface area contributed by atoms with Crippen LogP contribution in [0.5, 0.6) is 0 Å². The Kier molecular flexibility index (Phi) is 3.45. The molecule has 1 N–H and O–H groups in total. The van der Waals surface area contributed by atoms with E-state index in [9.17, 15) is 0 Å². The number of nitrogens with one attached hydrogen (secondary N) is 1. The van der Waals surface area contributed by atoms with Gasteiger partial charge in [0.05, 0.1) is 0 Å². The quantitative estimate of drug-likeness (QED) is 0.810. The summed E-state index contributed by atoms with van der Waals surface area (Å²) < 4.78 is 0. The van der Waals surface area contributed by atoms with E-state index in [1.165, 1.54) is 71.0 Å². The number of hydrogen-bond donors (Lipinski definition) is 1. The van der Waals surface area contributed by atoms with E-state index in [-0.39, 0.29) is 0 Å². The minimum absolute atomic E-state index is 0.499. The van der Waals surface area contributed by atoms with Crippen LogP contribution in [0.25, 0.3) is 0 Å². The van der Waals surface area contributed by atoms with Crippen molar-refractivity contribution in [2.24, 2.45) is 5.92 Å². The zero-order valence-corrected chi connectivity index (χ0v) is 11.4. The Balaban J connectivity index is 1.66. The van der Waals surface area contributed by atoms with Gasteiger partial charge in [0, 0.05) is 24.7 Å². The number of rotatable bonds is 3. The van der Waals surface area contributed by atoms with Crippen molar-refractivity contribution >= 4 is 0 Å². The molecule has 1 aliphatic heterocycles. The lowest BCUT2D eigenvalue weighted by Crippen LogP contribution is -2.65. The zero-order chi connectivity index (χ0) is 11.7. The molecule has 2 saturated carbocycles. The van der Waals surface area contributed by atoms with Crippen LogP contribution in [0.1, 0.15) is 58.3 Å². The molecule has 17 heavy (non-hydrogen) atoms. The second-order valence-electron chi connectivity index (χ2n) is 6.60. The molecule has 1 unspecified atom stereocenters. The predicted octanol–water partition coefficient (Wildman–Crippen LogP) is 2.78. The topological polar surface area (TPSA) is 15.3 Å². The Morgan fingerprint density at radius 1 is 1.18 bits per heavy atom. The summed E-state index contributed by atoms with van der Waals surface area (Å²) in [6.07, 6.45) is 11.5. The third-order valence-corrected chi connectivity index (χ3v) is 5.15. The fraction of sp³-hybridized carbons (Fsp3) is 1.00. The highest BCUT2D eigenvalue weighted by molar-refractivity contribution is 5.02. The van der Waals surface area contributed by atoms with Crippen molar-refractivity contribution in [2.75, 3.05) is 19.6 Å². The van der Waals surface area contributed by atoms with E-state index in [0.717, 1.165) is 12.0 Å². The molecule has 0 aromatic carbocycles. The van der Waals surface area contributed by atoms with Crippen LogP contribution in [0.4, 0.5) is 0 Å². The molecule has 1 saturated heterocycles. The van der Waals surface area contributed by atoms with Crippen molar-refractivity contribution in [3.05, 3.63) is 0 Å². The van der Waals surface area contributed by atoms with Crippen LogP contribution in [0.2, 0.25) is 0 Å². The Labute approximate surface area is 106 Å². The predicted molar refractivity (Wildman–Crippen MR) is 72.2 cm³/mol. The third kappa shape index (κ3) is 2.53. The second-order valence-corrected chi connectivity index (χ2v) is 6.60. The molecule has 0 aromatic heterocycles. The summed E-state index contributed by atoms with van der Waals surface area (Å²) >= 11 is 0. The fourth-order valence-electron chi connectivity index (χ4n) is 4.05. The van der Waals surface area contributed by atoms with Gasteiger partial charge in [-0.1, -0.05) is 26.2 Å². The molecule has 0 aromatic rings. The van der Waals surface area contributed by atoms with E-state index in [0.29, 0.717) is 5.54 Å². The average Bonchev–Trinajstić information content (AvgIpc) is 3.15. The van der Waals surface area contributed by atoms with Gasteiger partial charge in [-0.3, -0.25) is 4.90 Å². The largest absolute Gasteiger partial charge is 0.308 e. The van der Waals surface area contributed by atoms with Crippen LogP contribution in [0.3, 0.4) is 0 Å². The average molecular weight is 236 g/mol. The van der Waals surface area contributed by atoms with Crippen molar-refractivity contribution in [2.45, 2.75) is 69.9 Å². The molecule has 2 aliphatic carbocycles. The first-order chi connectivity index (χ1) is 8.33.